The van der Waals surface area contributed by atoms with Crippen LogP contribution in [-0.4, -0.2) is 25.2 Å². The van der Waals surface area contributed by atoms with Crippen molar-refractivity contribution in [1.82, 2.24) is 0 Å². The van der Waals surface area contributed by atoms with E-state index in [4.69, 9.17) is 9.47 Å². The first-order chi connectivity index (χ1) is 9.15. The van der Waals surface area contributed by atoms with Gasteiger partial charge in [0.1, 0.15) is 0 Å². The summed E-state index contributed by atoms with van der Waals surface area (Å²) in [4.78, 5) is 23.2. The molecule has 0 saturated heterocycles. The Morgan fingerprint density at radius 3 is 2.11 bits per heavy atom. The lowest BCUT2D eigenvalue weighted by Crippen LogP contribution is -2.22. The fraction of sp³-hybridized carbons (Fsp3) is 0.867. The summed E-state index contributed by atoms with van der Waals surface area (Å²) in [5.41, 5.74) is 0. The average molecular weight is 272 g/mol. The molecule has 112 valence electrons. The van der Waals surface area contributed by atoms with Gasteiger partial charge in [-0.25, -0.2) is 0 Å². The summed E-state index contributed by atoms with van der Waals surface area (Å²) < 4.78 is 9.91. The highest BCUT2D eigenvalue weighted by Gasteiger charge is 2.23. The monoisotopic (exact) mass is 272 g/mol. The van der Waals surface area contributed by atoms with Crippen LogP contribution in [0.25, 0.3) is 0 Å². The normalized spacial score (nSPS) is 11.9. The fourth-order valence-corrected chi connectivity index (χ4v) is 1.98. The molecular weight excluding hydrogens is 244 g/mol. The van der Waals surface area contributed by atoms with Crippen LogP contribution in [0.1, 0.15) is 65.7 Å². The van der Waals surface area contributed by atoms with Crippen LogP contribution in [0.15, 0.2) is 0 Å². The molecule has 0 fully saturated rings. The minimum Gasteiger partial charge on any atom is -0.466 e. The number of hydrogen-bond donors (Lipinski definition) is 0. The van der Waals surface area contributed by atoms with E-state index >= 15 is 0 Å². The van der Waals surface area contributed by atoms with Gasteiger partial charge in [0.05, 0.1) is 25.6 Å². The van der Waals surface area contributed by atoms with Crippen LogP contribution in [0.4, 0.5) is 0 Å². The highest BCUT2D eigenvalue weighted by molar-refractivity contribution is 5.79. The lowest BCUT2D eigenvalue weighted by atomic mass is 9.97. The van der Waals surface area contributed by atoms with E-state index in [1.807, 2.05) is 0 Å². The molecule has 4 nitrogen and oxygen atoms in total. The number of carbonyl (C=O) groups is 2. The molecular formula is C15H28O4. The second kappa shape index (κ2) is 12.0. The van der Waals surface area contributed by atoms with Gasteiger partial charge in [0.25, 0.3) is 0 Å². The summed E-state index contributed by atoms with van der Waals surface area (Å²) in [6.07, 6.45) is 6.52. The Balaban J connectivity index is 4.10. The molecule has 1 atom stereocenters. The Kier molecular flexibility index (Phi) is 11.3. The number of rotatable bonds is 11. The molecule has 4 heteroatoms. The zero-order valence-corrected chi connectivity index (χ0v) is 12.6. The van der Waals surface area contributed by atoms with Crippen molar-refractivity contribution in [3.63, 3.8) is 0 Å². The lowest BCUT2D eigenvalue weighted by molar-refractivity contribution is -0.155. The molecule has 0 bridgehead atoms. The van der Waals surface area contributed by atoms with Crippen LogP contribution in [0.3, 0.4) is 0 Å². The Morgan fingerprint density at radius 2 is 1.53 bits per heavy atom. The third kappa shape index (κ3) is 9.51. The van der Waals surface area contributed by atoms with Crippen molar-refractivity contribution in [2.45, 2.75) is 65.7 Å². The molecule has 0 saturated carbocycles. The number of ether oxygens (including phenoxy) is 2. The zero-order valence-electron chi connectivity index (χ0n) is 12.6. The number of esters is 2. The molecule has 0 heterocycles. The van der Waals surface area contributed by atoms with Crippen LogP contribution in [0, 0.1) is 5.92 Å². The van der Waals surface area contributed by atoms with Crippen LogP contribution in [-0.2, 0) is 19.1 Å². The maximum absolute atomic E-state index is 11.8. The van der Waals surface area contributed by atoms with Crippen molar-refractivity contribution in [3.8, 4) is 0 Å². The van der Waals surface area contributed by atoms with Gasteiger partial charge in [-0.1, -0.05) is 39.0 Å². The molecule has 19 heavy (non-hydrogen) atoms. The Bertz CT molecular complexity index is 251. The van der Waals surface area contributed by atoms with Crippen molar-refractivity contribution < 1.29 is 19.1 Å². The van der Waals surface area contributed by atoms with E-state index in [0.717, 1.165) is 12.8 Å². The predicted octanol–water partition coefficient (Wildman–Crippen LogP) is 3.48. The summed E-state index contributed by atoms with van der Waals surface area (Å²) in [6.45, 7) is 6.42. The predicted molar refractivity (Wildman–Crippen MR) is 74.7 cm³/mol. The van der Waals surface area contributed by atoms with Crippen LogP contribution in [0.5, 0.6) is 0 Å². The molecule has 0 amide bonds. The molecule has 0 aliphatic rings. The molecule has 0 spiro atoms. The number of hydrogen-bond acceptors (Lipinski definition) is 4. The number of carbonyl (C=O) groups excluding carboxylic acids is 2. The number of unbranched alkanes of at least 4 members (excludes halogenated alkanes) is 4. The smallest absolute Gasteiger partial charge is 0.309 e. The van der Waals surface area contributed by atoms with Gasteiger partial charge < -0.3 is 9.47 Å². The largest absolute Gasteiger partial charge is 0.466 e. The van der Waals surface area contributed by atoms with E-state index in [1.54, 1.807) is 13.8 Å². The standard InChI is InChI=1S/C15H28O4/c1-4-7-8-9-10-11-13(15(17)19-6-3)12-14(16)18-5-2/h13H,4-12H2,1-3H3. The highest BCUT2D eigenvalue weighted by atomic mass is 16.5. The Hall–Kier alpha value is -1.06. The molecule has 0 rings (SSSR count). The van der Waals surface area contributed by atoms with Crippen molar-refractivity contribution in [2.75, 3.05) is 13.2 Å². The molecule has 0 aromatic rings. The second-order valence-electron chi connectivity index (χ2n) is 4.66. The highest BCUT2D eigenvalue weighted by Crippen LogP contribution is 2.17. The SMILES string of the molecule is CCCCCCCC(CC(=O)OCC)C(=O)OCC. The summed E-state index contributed by atoms with van der Waals surface area (Å²) in [5.74, 6) is -0.930. The van der Waals surface area contributed by atoms with Crippen LogP contribution in [0.2, 0.25) is 0 Å². The minimum absolute atomic E-state index is 0.139. The van der Waals surface area contributed by atoms with Gasteiger partial charge in [0, 0.05) is 0 Å². The molecule has 0 aliphatic carbocycles. The quantitative estimate of drug-likeness (QED) is 0.427. The van der Waals surface area contributed by atoms with Gasteiger partial charge in [-0.05, 0) is 20.3 Å². The molecule has 0 aliphatic heterocycles. The van der Waals surface area contributed by atoms with E-state index < -0.39 is 0 Å². The van der Waals surface area contributed by atoms with Gasteiger partial charge in [-0.2, -0.15) is 0 Å². The van der Waals surface area contributed by atoms with Gasteiger partial charge in [0.15, 0.2) is 0 Å². The molecule has 0 N–H and O–H groups in total. The molecule has 1 unspecified atom stereocenters. The molecule has 0 radical (unpaired) electrons. The van der Waals surface area contributed by atoms with E-state index in [2.05, 4.69) is 6.92 Å². The van der Waals surface area contributed by atoms with Crippen molar-refractivity contribution in [2.24, 2.45) is 5.92 Å². The average Bonchev–Trinajstić information content (AvgIpc) is 2.37. The first-order valence-electron chi connectivity index (χ1n) is 7.47. The second-order valence-corrected chi connectivity index (χ2v) is 4.66. The summed E-state index contributed by atoms with van der Waals surface area (Å²) in [5, 5.41) is 0. The van der Waals surface area contributed by atoms with Gasteiger partial charge in [-0.15, -0.1) is 0 Å². The van der Waals surface area contributed by atoms with Crippen LogP contribution < -0.4 is 0 Å². The van der Waals surface area contributed by atoms with E-state index in [0.29, 0.717) is 19.6 Å². The van der Waals surface area contributed by atoms with Crippen molar-refractivity contribution >= 4 is 11.9 Å². The fourth-order valence-electron chi connectivity index (χ4n) is 1.98. The maximum Gasteiger partial charge on any atom is 0.309 e. The minimum atomic E-state index is -0.347. The summed E-state index contributed by atoms with van der Waals surface area (Å²) in [7, 11) is 0. The van der Waals surface area contributed by atoms with Crippen LogP contribution >= 0.6 is 0 Å². The van der Waals surface area contributed by atoms with Gasteiger partial charge in [-0.3, -0.25) is 9.59 Å². The topological polar surface area (TPSA) is 52.6 Å². The van der Waals surface area contributed by atoms with Gasteiger partial charge in [0.2, 0.25) is 0 Å². The maximum atomic E-state index is 11.8. The van der Waals surface area contributed by atoms with E-state index in [-0.39, 0.29) is 24.3 Å². The van der Waals surface area contributed by atoms with E-state index in [9.17, 15) is 9.59 Å². The third-order valence-corrected chi connectivity index (χ3v) is 2.99. The Morgan fingerprint density at radius 1 is 0.895 bits per heavy atom. The first-order valence-corrected chi connectivity index (χ1v) is 7.47. The van der Waals surface area contributed by atoms with Gasteiger partial charge >= 0.3 is 11.9 Å². The zero-order chi connectivity index (χ0) is 14.5. The van der Waals surface area contributed by atoms with E-state index in [1.165, 1.54) is 19.3 Å². The van der Waals surface area contributed by atoms with Crippen molar-refractivity contribution in [3.05, 3.63) is 0 Å². The Labute approximate surface area is 116 Å². The first kappa shape index (κ1) is 17.9. The lowest BCUT2D eigenvalue weighted by Gasteiger charge is -2.14. The third-order valence-electron chi connectivity index (χ3n) is 2.99. The summed E-state index contributed by atoms with van der Waals surface area (Å²) in [6, 6.07) is 0. The van der Waals surface area contributed by atoms with Crippen molar-refractivity contribution in [1.29, 1.82) is 0 Å². The summed E-state index contributed by atoms with van der Waals surface area (Å²) >= 11 is 0. The molecule has 0 aromatic heterocycles. The molecule has 0 aromatic carbocycles.